The summed E-state index contributed by atoms with van der Waals surface area (Å²) in [5, 5.41) is 9.21. The number of halogens is 3. The molecular formula is C19H20BrF2NO4. The number of hydrogen-bond acceptors (Lipinski definition) is 4. The second-order valence-electron chi connectivity index (χ2n) is 6.13. The monoisotopic (exact) mass is 443 g/mol. The van der Waals surface area contributed by atoms with E-state index in [4.69, 9.17) is 4.74 Å². The lowest BCUT2D eigenvalue weighted by Gasteiger charge is -2.14. The van der Waals surface area contributed by atoms with E-state index < -0.39 is 29.1 Å². The maximum Gasteiger partial charge on any atom is 0.286 e. The largest absolute Gasteiger partial charge is 0.391 e. The molecule has 1 heterocycles. The Morgan fingerprint density at radius 2 is 2.07 bits per heavy atom. The summed E-state index contributed by atoms with van der Waals surface area (Å²) in [7, 11) is 0. The zero-order chi connectivity index (χ0) is 20.1. The number of ketones is 1. The van der Waals surface area contributed by atoms with E-state index in [1.807, 2.05) is 0 Å². The van der Waals surface area contributed by atoms with E-state index in [0.717, 1.165) is 4.57 Å². The van der Waals surface area contributed by atoms with Crippen LogP contribution in [0.4, 0.5) is 8.78 Å². The molecule has 27 heavy (non-hydrogen) atoms. The van der Waals surface area contributed by atoms with Gasteiger partial charge in [-0.3, -0.25) is 9.59 Å². The van der Waals surface area contributed by atoms with E-state index in [-0.39, 0.29) is 42.9 Å². The Bertz CT molecular complexity index is 896. The van der Waals surface area contributed by atoms with Crippen LogP contribution < -0.4 is 5.56 Å². The van der Waals surface area contributed by atoms with Crippen LogP contribution in [0.15, 0.2) is 33.7 Å². The highest BCUT2D eigenvalue weighted by atomic mass is 79.9. The third-order valence-electron chi connectivity index (χ3n) is 3.94. The maximum absolute atomic E-state index is 14.7. The third-order valence-corrected chi connectivity index (χ3v) is 4.43. The van der Waals surface area contributed by atoms with Crippen molar-refractivity contribution in [3.8, 4) is 0 Å². The molecular weight excluding hydrogens is 424 g/mol. The van der Waals surface area contributed by atoms with Gasteiger partial charge in [0.2, 0.25) is 0 Å². The summed E-state index contributed by atoms with van der Waals surface area (Å²) in [5.41, 5.74) is -0.922. The maximum atomic E-state index is 14.7. The highest BCUT2D eigenvalue weighted by molar-refractivity contribution is 9.10. The van der Waals surface area contributed by atoms with Gasteiger partial charge in [0, 0.05) is 34.8 Å². The molecule has 0 radical (unpaired) electrons. The minimum atomic E-state index is -1.08. The molecule has 1 aromatic carbocycles. The van der Waals surface area contributed by atoms with Crippen LogP contribution in [0.25, 0.3) is 0 Å². The van der Waals surface area contributed by atoms with Crippen LogP contribution in [0.3, 0.4) is 0 Å². The molecule has 0 aliphatic heterocycles. The molecule has 8 heteroatoms. The molecule has 0 aliphatic carbocycles. The van der Waals surface area contributed by atoms with E-state index in [1.165, 1.54) is 25.3 Å². The van der Waals surface area contributed by atoms with Crippen molar-refractivity contribution in [1.29, 1.82) is 0 Å². The predicted molar refractivity (Wildman–Crippen MR) is 100 cm³/mol. The van der Waals surface area contributed by atoms with Crippen LogP contribution in [0, 0.1) is 11.6 Å². The van der Waals surface area contributed by atoms with E-state index >= 15 is 0 Å². The molecule has 1 atom stereocenters. The Labute approximate surface area is 163 Å². The number of aliphatic hydroxyl groups is 1. The number of benzene rings is 1. The van der Waals surface area contributed by atoms with Gasteiger partial charge in [-0.05, 0) is 31.5 Å². The zero-order valence-corrected chi connectivity index (χ0v) is 16.6. The number of hydrogen-bond donors (Lipinski definition) is 1. The minimum Gasteiger partial charge on any atom is -0.391 e. The van der Waals surface area contributed by atoms with E-state index in [1.54, 1.807) is 13.0 Å². The van der Waals surface area contributed by atoms with Crippen LogP contribution >= 0.6 is 15.9 Å². The molecule has 2 aromatic rings. The summed E-state index contributed by atoms with van der Waals surface area (Å²) in [4.78, 5) is 24.7. The van der Waals surface area contributed by atoms with Gasteiger partial charge in [-0.2, -0.15) is 0 Å². The SMILES string of the molecule is CCn1cc(C(=O)COC[C@H](C)O)c(Cc2ccc(Br)cc2F)c(F)c1=O. The quantitative estimate of drug-likeness (QED) is 0.636. The molecule has 1 N–H and O–H groups in total. The van der Waals surface area contributed by atoms with E-state index in [2.05, 4.69) is 15.9 Å². The van der Waals surface area contributed by atoms with Crippen molar-refractivity contribution < 1.29 is 23.4 Å². The molecule has 0 amide bonds. The van der Waals surface area contributed by atoms with Crippen LogP contribution in [0.2, 0.25) is 0 Å². The lowest BCUT2D eigenvalue weighted by molar-refractivity contribution is 0.0423. The third kappa shape index (κ3) is 5.31. The summed E-state index contributed by atoms with van der Waals surface area (Å²) >= 11 is 3.15. The second-order valence-corrected chi connectivity index (χ2v) is 7.04. The second kappa shape index (κ2) is 9.34. The smallest absolute Gasteiger partial charge is 0.286 e. The first-order valence-electron chi connectivity index (χ1n) is 8.39. The average molecular weight is 444 g/mol. The fourth-order valence-electron chi connectivity index (χ4n) is 2.57. The minimum absolute atomic E-state index is 0.0399. The molecule has 2 rings (SSSR count). The zero-order valence-electron chi connectivity index (χ0n) is 15.0. The van der Waals surface area contributed by atoms with Gasteiger partial charge in [0.25, 0.3) is 5.56 Å². The summed E-state index contributed by atoms with van der Waals surface area (Å²) in [6.07, 6.45) is 0.267. The molecule has 0 aliphatic rings. The lowest BCUT2D eigenvalue weighted by atomic mass is 9.98. The number of rotatable bonds is 8. The summed E-state index contributed by atoms with van der Waals surface area (Å²) in [5.74, 6) is -2.21. The fourth-order valence-corrected chi connectivity index (χ4v) is 2.90. The van der Waals surface area contributed by atoms with Crippen molar-refractivity contribution in [1.82, 2.24) is 4.57 Å². The number of carbonyl (C=O) groups excluding carboxylic acids is 1. The molecule has 0 saturated carbocycles. The van der Waals surface area contributed by atoms with E-state index in [0.29, 0.717) is 4.47 Å². The number of nitrogens with zero attached hydrogens (tertiary/aromatic N) is 1. The molecule has 1 aromatic heterocycles. The van der Waals surface area contributed by atoms with Crippen LogP contribution in [-0.4, -0.2) is 34.8 Å². The van der Waals surface area contributed by atoms with Crippen molar-refractivity contribution in [3.63, 3.8) is 0 Å². The Hall–Kier alpha value is -1.90. The number of aryl methyl sites for hydroxylation is 1. The van der Waals surface area contributed by atoms with Gasteiger partial charge in [-0.25, -0.2) is 8.78 Å². The number of aromatic nitrogens is 1. The van der Waals surface area contributed by atoms with Gasteiger partial charge in [-0.15, -0.1) is 0 Å². The summed E-state index contributed by atoms with van der Waals surface area (Å²) in [6, 6.07) is 4.28. The van der Waals surface area contributed by atoms with Crippen molar-refractivity contribution in [3.05, 3.63) is 67.5 Å². The van der Waals surface area contributed by atoms with Crippen LogP contribution in [-0.2, 0) is 17.7 Å². The molecule has 5 nitrogen and oxygen atoms in total. The first-order valence-corrected chi connectivity index (χ1v) is 9.18. The predicted octanol–water partition coefficient (Wildman–Crippen LogP) is 3.08. The van der Waals surface area contributed by atoms with Gasteiger partial charge in [0.05, 0.1) is 12.7 Å². The first kappa shape index (κ1) is 21.4. The number of aliphatic hydroxyl groups excluding tert-OH is 1. The van der Waals surface area contributed by atoms with Crippen molar-refractivity contribution >= 4 is 21.7 Å². The highest BCUT2D eigenvalue weighted by Crippen LogP contribution is 2.21. The molecule has 0 unspecified atom stereocenters. The Balaban J connectivity index is 2.45. The number of pyridine rings is 1. The highest BCUT2D eigenvalue weighted by Gasteiger charge is 2.22. The number of carbonyl (C=O) groups is 1. The van der Waals surface area contributed by atoms with Gasteiger partial charge in [0.1, 0.15) is 12.4 Å². The first-order chi connectivity index (χ1) is 12.7. The van der Waals surface area contributed by atoms with Gasteiger partial charge >= 0.3 is 0 Å². The van der Waals surface area contributed by atoms with Crippen LogP contribution in [0.5, 0.6) is 0 Å². The standard InChI is InChI=1S/C19H20BrF2NO4/c1-3-23-8-15(17(25)10-27-9-11(2)24)14(18(22)19(23)26)6-12-4-5-13(20)7-16(12)21/h4-5,7-8,11,24H,3,6,9-10H2,1-2H3/t11-/m0/s1. The number of Topliss-reactive ketones (excluding diaryl/α,β-unsaturated/α-hetero) is 1. The molecule has 0 bridgehead atoms. The molecule has 0 saturated heterocycles. The van der Waals surface area contributed by atoms with Crippen LogP contribution in [0.1, 0.15) is 35.3 Å². The van der Waals surface area contributed by atoms with Gasteiger partial charge in [0.15, 0.2) is 11.6 Å². The Morgan fingerprint density at radius 3 is 2.67 bits per heavy atom. The Kier molecular flexibility index (Phi) is 7.41. The Morgan fingerprint density at radius 1 is 1.37 bits per heavy atom. The number of ether oxygens (including phenoxy) is 1. The summed E-state index contributed by atoms with van der Waals surface area (Å²) in [6.45, 7) is 2.88. The summed E-state index contributed by atoms with van der Waals surface area (Å²) < 4.78 is 35.6. The normalized spacial score (nSPS) is 12.2. The van der Waals surface area contributed by atoms with E-state index in [9.17, 15) is 23.5 Å². The fraction of sp³-hybridized carbons (Fsp3) is 0.368. The molecule has 0 fully saturated rings. The van der Waals surface area contributed by atoms with Crippen molar-refractivity contribution in [2.75, 3.05) is 13.2 Å². The van der Waals surface area contributed by atoms with Crippen molar-refractivity contribution in [2.45, 2.75) is 32.9 Å². The average Bonchev–Trinajstić information content (AvgIpc) is 2.60. The van der Waals surface area contributed by atoms with Gasteiger partial charge < -0.3 is 14.4 Å². The van der Waals surface area contributed by atoms with Crippen molar-refractivity contribution in [2.24, 2.45) is 0 Å². The lowest BCUT2D eigenvalue weighted by Crippen LogP contribution is -2.28. The molecule has 0 spiro atoms. The molecule has 146 valence electrons. The van der Waals surface area contributed by atoms with Gasteiger partial charge in [-0.1, -0.05) is 22.0 Å². The topological polar surface area (TPSA) is 68.5 Å².